The second-order valence-corrected chi connectivity index (χ2v) is 8.78. The van der Waals surface area contributed by atoms with Gasteiger partial charge in [0.2, 0.25) is 5.76 Å². The number of nitrogens with one attached hydrogen (secondary N) is 1. The van der Waals surface area contributed by atoms with Crippen LogP contribution in [0, 0.1) is 6.92 Å². The number of benzene rings is 2. The number of para-hydroxylation sites is 1. The number of hydrogen-bond acceptors (Lipinski definition) is 5. The summed E-state index contributed by atoms with van der Waals surface area (Å²) in [4.78, 5) is 28.5. The first-order valence-corrected chi connectivity index (χ1v) is 11.1. The molecule has 1 N–H and O–H groups in total. The molecule has 4 aromatic rings. The summed E-state index contributed by atoms with van der Waals surface area (Å²) in [6, 6.07) is 13.1. The highest BCUT2D eigenvalue weighted by atomic mass is 35.5. The maximum atomic E-state index is 13.2. The molecular formula is C23H19ClN2O4S. The van der Waals surface area contributed by atoms with Crippen molar-refractivity contribution in [2.24, 2.45) is 0 Å². The molecule has 6 nitrogen and oxygen atoms in total. The fourth-order valence-corrected chi connectivity index (χ4v) is 5.40. The summed E-state index contributed by atoms with van der Waals surface area (Å²) in [5, 5.41) is 4.87. The largest absolute Gasteiger partial charge is 0.449 e. The van der Waals surface area contributed by atoms with Crippen molar-refractivity contribution < 1.29 is 18.7 Å². The van der Waals surface area contributed by atoms with Gasteiger partial charge in [-0.15, -0.1) is 11.3 Å². The van der Waals surface area contributed by atoms with E-state index in [1.54, 1.807) is 11.0 Å². The third kappa shape index (κ3) is 3.48. The standard InChI is InChI=1S/C23H19ClN2O4S/c1-13-5-4-8-16-17(13)18(24)21(31-16)22(27)25-19-14-6-2-3-7-15(14)30-20(19)23(28)26-9-11-29-12-10-26/h2-8H,9-12H2,1H3,(H,25,27). The zero-order chi connectivity index (χ0) is 21.5. The van der Waals surface area contributed by atoms with E-state index in [-0.39, 0.29) is 17.6 Å². The minimum absolute atomic E-state index is 0.116. The highest BCUT2D eigenvalue weighted by molar-refractivity contribution is 7.21. The number of ether oxygens (including phenoxy) is 1. The van der Waals surface area contributed by atoms with E-state index in [0.717, 1.165) is 15.6 Å². The Morgan fingerprint density at radius 2 is 1.87 bits per heavy atom. The number of amides is 2. The van der Waals surface area contributed by atoms with Crippen LogP contribution in [0.3, 0.4) is 0 Å². The minimum atomic E-state index is -0.367. The van der Waals surface area contributed by atoms with Gasteiger partial charge in [-0.25, -0.2) is 0 Å². The van der Waals surface area contributed by atoms with E-state index in [1.165, 1.54) is 11.3 Å². The lowest BCUT2D eigenvalue weighted by atomic mass is 10.1. The number of carbonyl (C=O) groups excluding carboxylic acids is 2. The molecule has 0 aliphatic carbocycles. The Morgan fingerprint density at radius 3 is 2.65 bits per heavy atom. The van der Waals surface area contributed by atoms with Gasteiger partial charge < -0.3 is 19.4 Å². The molecule has 0 spiro atoms. The second-order valence-electron chi connectivity index (χ2n) is 7.35. The molecule has 1 aliphatic rings. The van der Waals surface area contributed by atoms with E-state index in [1.807, 2.05) is 43.3 Å². The number of carbonyl (C=O) groups is 2. The molecule has 0 unspecified atom stereocenters. The number of hydrogen-bond donors (Lipinski definition) is 1. The normalized spacial score (nSPS) is 14.3. The van der Waals surface area contributed by atoms with Crippen molar-refractivity contribution in [2.75, 3.05) is 31.6 Å². The molecule has 31 heavy (non-hydrogen) atoms. The number of halogens is 1. The Hall–Kier alpha value is -2.87. The number of furan rings is 1. The summed E-state index contributed by atoms with van der Waals surface area (Å²) < 4.78 is 12.2. The van der Waals surface area contributed by atoms with Crippen LogP contribution in [0.4, 0.5) is 5.69 Å². The van der Waals surface area contributed by atoms with Gasteiger partial charge in [0.25, 0.3) is 11.8 Å². The Morgan fingerprint density at radius 1 is 1.10 bits per heavy atom. The van der Waals surface area contributed by atoms with Crippen LogP contribution in [0.5, 0.6) is 0 Å². The molecule has 2 aromatic carbocycles. The number of nitrogens with zero attached hydrogens (tertiary/aromatic N) is 1. The van der Waals surface area contributed by atoms with Gasteiger partial charge >= 0.3 is 0 Å². The van der Waals surface area contributed by atoms with Gasteiger partial charge in [0.1, 0.15) is 16.1 Å². The maximum Gasteiger partial charge on any atom is 0.291 e. The molecule has 5 rings (SSSR count). The molecule has 0 saturated carbocycles. The fraction of sp³-hybridized carbons (Fsp3) is 0.217. The van der Waals surface area contributed by atoms with E-state index in [9.17, 15) is 9.59 Å². The number of fused-ring (bicyclic) bond motifs is 2. The first kappa shape index (κ1) is 20.1. The van der Waals surface area contributed by atoms with Crippen molar-refractivity contribution in [1.82, 2.24) is 4.90 Å². The van der Waals surface area contributed by atoms with E-state index in [2.05, 4.69) is 5.32 Å². The lowest BCUT2D eigenvalue weighted by molar-refractivity contribution is 0.0285. The van der Waals surface area contributed by atoms with Crippen molar-refractivity contribution in [2.45, 2.75) is 6.92 Å². The van der Waals surface area contributed by atoms with Crippen LogP contribution >= 0.6 is 22.9 Å². The van der Waals surface area contributed by atoms with Gasteiger partial charge in [-0.1, -0.05) is 35.9 Å². The second kappa shape index (κ2) is 8.00. The van der Waals surface area contributed by atoms with Gasteiger partial charge in [-0.05, 0) is 30.7 Å². The number of anilines is 1. The number of thiophene rings is 1. The van der Waals surface area contributed by atoms with E-state index in [0.29, 0.717) is 52.9 Å². The summed E-state index contributed by atoms with van der Waals surface area (Å²) in [6.45, 7) is 3.87. The van der Waals surface area contributed by atoms with Crippen LogP contribution in [0.1, 0.15) is 25.8 Å². The molecule has 158 valence electrons. The Balaban J connectivity index is 1.55. The summed E-state index contributed by atoms with van der Waals surface area (Å²) >= 11 is 7.91. The Bertz CT molecular complexity index is 1320. The first-order valence-electron chi connectivity index (χ1n) is 9.92. The molecule has 1 fully saturated rings. The average Bonchev–Trinajstić information content (AvgIpc) is 3.33. The van der Waals surface area contributed by atoms with Crippen LogP contribution < -0.4 is 5.32 Å². The molecule has 8 heteroatoms. The van der Waals surface area contributed by atoms with Gasteiger partial charge in [-0.2, -0.15) is 0 Å². The lowest BCUT2D eigenvalue weighted by Crippen LogP contribution is -2.40. The fourth-order valence-electron chi connectivity index (χ4n) is 3.82. The smallest absolute Gasteiger partial charge is 0.291 e. The van der Waals surface area contributed by atoms with Crippen molar-refractivity contribution in [3.8, 4) is 0 Å². The van der Waals surface area contributed by atoms with E-state index < -0.39 is 0 Å². The lowest BCUT2D eigenvalue weighted by Gasteiger charge is -2.26. The molecule has 2 aromatic heterocycles. The summed E-state index contributed by atoms with van der Waals surface area (Å²) in [6.07, 6.45) is 0. The van der Waals surface area contributed by atoms with Crippen LogP contribution in [0.2, 0.25) is 5.02 Å². The van der Waals surface area contributed by atoms with Crippen LogP contribution in [0.15, 0.2) is 46.9 Å². The van der Waals surface area contributed by atoms with Crippen molar-refractivity contribution in [1.29, 1.82) is 0 Å². The van der Waals surface area contributed by atoms with Gasteiger partial charge in [0, 0.05) is 28.6 Å². The van der Waals surface area contributed by atoms with Crippen LogP contribution in [-0.2, 0) is 4.74 Å². The molecule has 1 aliphatic heterocycles. The van der Waals surface area contributed by atoms with Gasteiger partial charge in [0.05, 0.1) is 18.2 Å². The summed E-state index contributed by atoms with van der Waals surface area (Å²) in [7, 11) is 0. The van der Waals surface area contributed by atoms with Crippen molar-refractivity contribution in [3.05, 3.63) is 63.7 Å². The molecule has 1 saturated heterocycles. The molecule has 0 atom stereocenters. The summed E-state index contributed by atoms with van der Waals surface area (Å²) in [5.74, 6) is -0.522. The molecular weight excluding hydrogens is 436 g/mol. The monoisotopic (exact) mass is 454 g/mol. The van der Waals surface area contributed by atoms with Gasteiger partial charge in [-0.3, -0.25) is 9.59 Å². The Labute approximate surface area is 187 Å². The minimum Gasteiger partial charge on any atom is -0.449 e. The van der Waals surface area contributed by atoms with Crippen LogP contribution in [-0.4, -0.2) is 43.0 Å². The van der Waals surface area contributed by atoms with E-state index >= 15 is 0 Å². The topological polar surface area (TPSA) is 71.8 Å². The SMILES string of the molecule is Cc1cccc2sc(C(=O)Nc3c(C(=O)N4CCOCC4)oc4ccccc34)c(Cl)c12. The number of morpholine rings is 1. The number of rotatable bonds is 3. The third-order valence-corrected chi connectivity index (χ3v) is 7.04. The molecule has 2 amide bonds. The van der Waals surface area contributed by atoms with Crippen LogP contribution in [0.25, 0.3) is 21.1 Å². The zero-order valence-corrected chi connectivity index (χ0v) is 18.3. The average molecular weight is 455 g/mol. The molecule has 0 radical (unpaired) electrons. The first-order chi connectivity index (χ1) is 15.0. The van der Waals surface area contributed by atoms with Crippen molar-refractivity contribution >= 4 is 61.5 Å². The zero-order valence-electron chi connectivity index (χ0n) is 16.7. The highest BCUT2D eigenvalue weighted by Gasteiger charge is 2.28. The Kier molecular flexibility index (Phi) is 5.17. The van der Waals surface area contributed by atoms with Gasteiger partial charge in [0.15, 0.2) is 0 Å². The predicted octanol–water partition coefficient (Wildman–Crippen LogP) is 5.33. The molecule has 0 bridgehead atoms. The maximum absolute atomic E-state index is 13.2. The van der Waals surface area contributed by atoms with Crippen molar-refractivity contribution in [3.63, 3.8) is 0 Å². The quantitative estimate of drug-likeness (QED) is 0.454. The highest BCUT2D eigenvalue weighted by Crippen LogP contribution is 2.39. The number of aryl methyl sites for hydroxylation is 1. The molecule has 3 heterocycles. The predicted molar refractivity (Wildman–Crippen MR) is 122 cm³/mol. The summed E-state index contributed by atoms with van der Waals surface area (Å²) in [5.41, 5.74) is 1.91. The van der Waals surface area contributed by atoms with E-state index in [4.69, 9.17) is 20.8 Å². The third-order valence-electron chi connectivity index (χ3n) is 5.40.